The highest BCUT2D eigenvalue weighted by molar-refractivity contribution is 8.26. The summed E-state index contributed by atoms with van der Waals surface area (Å²) in [6.07, 6.45) is 0. The summed E-state index contributed by atoms with van der Waals surface area (Å²) in [6, 6.07) is 1.77. The molecule has 0 saturated carbocycles. The van der Waals surface area contributed by atoms with Crippen LogP contribution in [0.4, 0.5) is 4.79 Å². The van der Waals surface area contributed by atoms with Crippen LogP contribution in [-0.4, -0.2) is 22.3 Å². The zero-order chi connectivity index (χ0) is 9.84. The van der Waals surface area contributed by atoms with E-state index in [0.717, 1.165) is 4.88 Å². The van der Waals surface area contributed by atoms with E-state index in [1.807, 2.05) is 12.3 Å². The first-order chi connectivity index (χ1) is 6.15. The second-order valence-corrected chi connectivity index (χ2v) is 4.30. The fourth-order valence-corrected chi connectivity index (χ4v) is 2.12. The summed E-state index contributed by atoms with van der Waals surface area (Å²) in [4.78, 5) is 21.2. The Morgan fingerprint density at radius 3 is 2.85 bits per heavy atom. The highest BCUT2D eigenvalue weighted by atomic mass is 32.2. The summed E-state index contributed by atoms with van der Waals surface area (Å²) >= 11 is 2.21. The lowest BCUT2D eigenvalue weighted by atomic mass is 10.3. The number of carbonyl (C=O) groups excluding carboxylic acids is 2. The second-order valence-electron chi connectivity index (χ2n) is 2.25. The fraction of sp³-hybridized carbons (Fsp3) is 0.250. The van der Waals surface area contributed by atoms with Crippen molar-refractivity contribution in [1.82, 2.24) is 0 Å². The summed E-state index contributed by atoms with van der Waals surface area (Å²) < 4.78 is 4.41. The van der Waals surface area contributed by atoms with E-state index in [0.29, 0.717) is 17.3 Å². The summed E-state index contributed by atoms with van der Waals surface area (Å²) in [5, 5.41) is 1.34. The molecule has 0 fully saturated rings. The first-order valence-electron chi connectivity index (χ1n) is 3.51. The monoisotopic (exact) mass is 217 g/mol. The molecule has 1 N–H and O–H groups in total. The normalized spacial score (nSPS) is 9.69. The van der Waals surface area contributed by atoms with Crippen molar-refractivity contribution in [2.24, 2.45) is 0 Å². The summed E-state index contributed by atoms with van der Waals surface area (Å²) in [6.45, 7) is 1.88. The van der Waals surface area contributed by atoms with Gasteiger partial charge in [0.2, 0.25) is 0 Å². The van der Waals surface area contributed by atoms with Crippen LogP contribution in [0.3, 0.4) is 0 Å². The number of methoxy groups -OCH3 is 1. The Morgan fingerprint density at radius 1 is 1.69 bits per heavy atom. The van der Waals surface area contributed by atoms with Gasteiger partial charge < -0.3 is 4.74 Å². The third-order valence-corrected chi connectivity index (χ3v) is 3.03. The van der Waals surface area contributed by atoms with E-state index in [1.165, 1.54) is 18.4 Å². The van der Waals surface area contributed by atoms with Gasteiger partial charge in [0.1, 0.15) is 5.56 Å². The van der Waals surface area contributed by atoms with Crippen LogP contribution in [0.5, 0.6) is 0 Å². The van der Waals surface area contributed by atoms with E-state index < -0.39 is 5.30 Å². The Labute approximate surface area is 84.1 Å². The first-order valence-corrected chi connectivity index (χ1v) is 5.21. The van der Waals surface area contributed by atoms with Crippen molar-refractivity contribution >= 4 is 33.5 Å². The molecule has 1 rings (SSSR count). The van der Waals surface area contributed by atoms with Crippen molar-refractivity contribution in [1.29, 1.82) is 0 Å². The predicted molar refractivity (Wildman–Crippen MR) is 55.1 cm³/mol. The second kappa shape index (κ2) is 4.43. The Balaban J connectivity index is 2.69. The summed E-state index contributed by atoms with van der Waals surface area (Å²) in [5.41, 5.74) is 0.695. The topological polar surface area (TPSA) is 47.7 Å². The molecule has 0 bridgehead atoms. The van der Waals surface area contributed by atoms with Crippen molar-refractivity contribution in [3.8, 4) is 0 Å². The number of ether oxygens (including phenoxy) is 1. The Kier molecular flexibility index (Phi) is 3.50. The summed E-state index contributed by atoms with van der Waals surface area (Å²) in [5.74, 6) is 0. The molecule has 0 aromatic carbocycles. The maximum absolute atomic E-state index is 10.8. The largest absolute Gasteiger partial charge is 0.460 e. The molecule has 0 aliphatic heterocycles. The molecular formula is C8H9O3S2+. The molecular weight excluding hydrogens is 208 g/mol. The molecule has 5 heteroatoms. The van der Waals surface area contributed by atoms with Crippen LogP contribution >= 0.6 is 23.1 Å². The SMILES string of the molecule is COC(=O)SC(=[OH+])c1ccsc1C. The van der Waals surface area contributed by atoms with Gasteiger partial charge in [0, 0.05) is 4.88 Å². The summed E-state index contributed by atoms with van der Waals surface area (Å²) in [7, 11) is 1.28. The molecule has 3 nitrogen and oxygen atoms in total. The van der Waals surface area contributed by atoms with Crippen LogP contribution < -0.4 is 0 Å². The molecule has 1 aromatic heterocycles. The van der Waals surface area contributed by atoms with Crippen molar-refractivity contribution in [3.05, 3.63) is 21.9 Å². The predicted octanol–water partition coefficient (Wildman–Crippen LogP) is 2.41. The molecule has 0 amide bonds. The molecule has 70 valence electrons. The minimum Gasteiger partial charge on any atom is -0.460 e. The van der Waals surface area contributed by atoms with E-state index in [2.05, 4.69) is 4.74 Å². The van der Waals surface area contributed by atoms with Gasteiger partial charge in [-0.05, 0) is 18.4 Å². The maximum Gasteiger partial charge on any atom is 0.394 e. The van der Waals surface area contributed by atoms with Crippen LogP contribution in [0.25, 0.3) is 0 Å². The molecule has 0 unspecified atom stereocenters. The lowest BCUT2D eigenvalue weighted by Gasteiger charge is -1.92. The average Bonchev–Trinajstić information content (AvgIpc) is 2.51. The van der Waals surface area contributed by atoms with Gasteiger partial charge in [0.05, 0.1) is 18.9 Å². The van der Waals surface area contributed by atoms with Gasteiger partial charge in [-0.3, -0.25) is 4.79 Å². The van der Waals surface area contributed by atoms with Gasteiger partial charge in [-0.25, -0.2) is 4.79 Å². The molecule has 0 spiro atoms. The zero-order valence-electron chi connectivity index (χ0n) is 7.23. The lowest BCUT2D eigenvalue weighted by molar-refractivity contribution is 0.200. The Hall–Kier alpha value is -0.810. The number of thiophene rings is 1. The number of hydrogen-bond acceptors (Lipinski definition) is 4. The van der Waals surface area contributed by atoms with Crippen molar-refractivity contribution in [2.75, 3.05) is 7.11 Å². The van der Waals surface area contributed by atoms with Gasteiger partial charge in [-0.2, -0.15) is 0 Å². The van der Waals surface area contributed by atoms with Crippen LogP contribution in [0.2, 0.25) is 0 Å². The van der Waals surface area contributed by atoms with E-state index >= 15 is 0 Å². The van der Waals surface area contributed by atoms with Gasteiger partial charge >= 0.3 is 10.4 Å². The molecule has 0 saturated heterocycles. The zero-order valence-corrected chi connectivity index (χ0v) is 8.87. The van der Waals surface area contributed by atoms with E-state index in [4.69, 9.17) is 0 Å². The third-order valence-electron chi connectivity index (χ3n) is 1.44. The van der Waals surface area contributed by atoms with Crippen molar-refractivity contribution in [3.63, 3.8) is 0 Å². The molecule has 13 heavy (non-hydrogen) atoms. The fourth-order valence-electron chi connectivity index (χ4n) is 0.782. The van der Waals surface area contributed by atoms with Gasteiger partial charge in [0.15, 0.2) is 0 Å². The first kappa shape index (κ1) is 10.3. The molecule has 1 heterocycles. The highest BCUT2D eigenvalue weighted by Crippen LogP contribution is 2.21. The highest BCUT2D eigenvalue weighted by Gasteiger charge is 2.22. The van der Waals surface area contributed by atoms with Gasteiger partial charge in [-0.15, -0.1) is 11.3 Å². The maximum atomic E-state index is 10.8. The average molecular weight is 217 g/mol. The minimum atomic E-state index is -0.511. The van der Waals surface area contributed by atoms with Crippen LogP contribution in [0.15, 0.2) is 11.4 Å². The third kappa shape index (κ3) is 2.57. The molecule has 0 atom stereocenters. The van der Waals surface area contributed by atoms with Crippen molar-refractivity contribution in [2.45, 2.75) is 6.92 Å². The van der Waals surface area contributed by atoms with Crippen molar-refractivity contribution < 1.29 is 14.3 Å². The van der Waals surface area contributed by atoms with E-state index in [9.17, 15) is 9.59 Å². The van der Waals surface area contributed by atoms with E-state index in [-0.39, 0.29) is 5.12 Å². The van der Waals surface area contributed by atoms with Gasteiger partial charge in [-0.1, -0.05) is 0 Å². The number of thioether (sulfide) groups is 1. The number of hydrogen-bond donors (Lipinski definition) is 0. The standard InChI is InChI=1S/C8H8O3S2/c1-5-6(3-4-12-5)7(9)13-8(10)11-2/h3-4H,1-2H3/p+1. The van der Waals surface area contributed by atoms with Gasteiger partial charge in [0.25, 0.3) is 0 Å². The quantitative estimate of drug-likeness (QED) is 0.536. The molecule has 0 radical (unpaired) electrons. The number of rotatable bonds is 1. The minimum absolute atomic E-state index is 0.00870. The Morgan fingerprint density at radius 2 is 2.38 bits per heavy atom. The number of carbonyl (C=O) groups is 1. The molecule has 0 aliphatic rings. The lowest BCUT2D eigenvalue weighted by Crippen LogP contribution is -2.01. The molecule has 1 aromatic rings. The smallest absolute Gasteiger partial charge is 0.394 e. The van der Waals surface area contributed by atoms with Crippen LogP contribution in [0, 0.1) is 6.92 Å². The number of aryl methyl sites for hydroxylation is 1. The Bertz CT molecular complexity index is 330. The molecule has 0 aliphatic carbocycles. The van der Waals surface area contributed by atoms with E-state index in [1.54, 1.807) is 6.07 Å². The van der Waals surface area contributed by atoms with Crippen LogP contribution in [-0.2, 0) is 4.74 Å². The van der Waals surface area contributed by atoms with Crippen LogP contribution in [0.1, 0.15) is 10.4 Å².